The minimum atomic E-state index is -0.0558. The van der Waals surface area contributed by atoms with Crippen LogP contribution < -0.4 is 5.73 Å². The zero-order valence-corrected chi connectivity index (χ0v) is 13.0. The van der Waals surface area contributed by atoms with Crippen LogP contribution in [0.5, 0.6) is 0 Å². The monoisotopic (exact) mass is 288 g/mol. The first-order valence-corrected chi connectivity index (χ1v) is 7.22. The van der Waals surface area contributed by atoms with Gasteiger partial charge < -0.3 is 15.7 Å². The standard InChI is InChI=1S/C17H24N2O2/c1-13(2)19(10-5-11-20)17(21)16-8-7-14(3)12-15(16)6-4-9-18/h7-8,12-13,20H,5,9-11,18H2,1-3H3. The largest absolute Gasteiger partial charge is 0.396 e. The molecular weight excluding hydrogens is 264 g/mol. The van der Waals surface area contributed by atoms with Crippen molar-refractivity contribution in [3.63, 3.8) is 0 Å². The smallest absolute Gasteiger partial charge is 0.255 e. The predicted octanol–water partition coefficient (Wildman–Crippen LogP) is 1.54. The Bertz CT molecular complexity index is 541. The molecular formula is C17H24N2O2. The summed E-state index contributed by atoms with van der Waals surface area (Å²) in [6.07, 6.45) is 0.569. The molecule has 0 unspecified atom stereocenters. The molecule has 0 aliphatic carbocycles. The third-order valence-corrected chi connectivity index (χ3v) is 3.17. The molecule has 0 heterocycles. The molecule has 0 spiro atoms. The topological polar surface area (TPSA) is 66.6 Å². The maximum atomic E-state index is 12.7. The summed E-state index contributed by atoms with van der Waals surface area (Å²) in [7, 11) is 0. The second kappa shape index (κ2) is 8.46. The average Bonchev–Trinajstić information content (AvgIpc) is 2.45. The second-order valence-electron chi connectivity index (χ2n) is 5.22. The van der Waals surface area contributed by atoms with Gasteiger partial charge in [0, 0.05) is 24.8 Å². The van der Waals surface area contributed by atoms with E-state index in [1.54, 1.807) is 4.90 Å². The number of aryl methyl sites for hydroxylation is 1. The van der Waals surface area contributed by atoms with Gasteiger partial charge in [-0.05, 0) is 44.9 Å². The molecule has 0 atom stereocenters. The zero-order valence-electron chi connectivity index (χ0n) is 13.0. The summed E-state index contributed by atoms with van der Waals surface area (Å²) >= 11 is 0. The molecule has 1 rings (SSSR count). The lowest BCUT2D eigenvalue weighted by Crippen LogP contribution is -2.38. The third kappa shape index (κ3) is 4.89. The highest BCUT2D eigenvalue weighted by Crippen LogP contribution is 2.15. The van der Waals surface area contributed by atoms with Crippen molar-refractivity contribution >= 4 is 5.91 Å². The van der Waals surface area contributed by atoms with Crippen molar-refractivity contribution in [2.24, 2.45) is 5.73 Å². The molecule has 114 valence electrons. The highest BCUT2D eigenvalue weighted by molar-refractivity contribution is 5.97. The van der Waals surface area contributed by atoms with Gasteiger partial charge in [0.1, 0.15) is 0 Å². The van der Waals surface area contributed by atoms with Gasteiger partial charge in [0.05, 0.1) is 12.1 Å². The number of nitrogens with two attached hydrogens (primary N) is 1. The van der Waals surface area contributed by atoms with E-state index in [1.807, 2.05) is 39.0 Å². The van der Waals surface area contributed by atoms with E-state index >= 15 is 0 Å². The molecule has 0 aliphatic heterocycles. The van der Waals surface area contributed by atoms with Crippen LogP contribution in [0.2, 0.25) is 0 Å². The van der Waals surface area contributed by atoms with Gasteiger partial charge in [-0.3, -0.25) is 4.79 Å². The molecule has 0 bridgehead atoms. The molecule has 0 saturated carbocycles. The Morgan fingerprint density at radius 1 is 1.43 bits per heavy atom. The SMILES string of the molecule is Cc1ccc(C(=O)N(CCCO)C(C)C)c(C#CCN)c1. The van der Waals surface area contributed by atoms with E-state index in [9.17, 15) is 4.79 Å². The van der Waals surface area contributed by atoms with E-state index in [4.69, 9.17) is 10.8 Å². The average molecular weight is 288 g/mol. The summed E-state index contributed by atoms with van der Waals surface area (Å²) in [5.41, 5.74) is 7.77. The molecule has 0 aromatic heterocycles. The molecule has 1 aromatic rings. The minimum absolute atomic E-state index is 0.0558. The van der Waals surface area contributed by atoms with Gasteiger partial charge in [-0.15, -0.1) is 0 Å². The van der Waals surface area contributed by atoms with Gasteiger partial charge in [0.25, 0.3) is 5.91 Å². The molecule has 3 N–H and O–H groups in total. The zero-order chi connectivity index (χ0) is 15.8. The van der Waals surface area contributed by atoms with Crippen LogP contribution in [-0.2, 0) is 0 Å². The molecule has 0 aliphatic rings. The van der Waals surface area contributed by atoms with E-state index in [1.165, 1.54) is 0 Å². The first-order valence-electron chi connectivity index (χ1n) is 7.22. The Labute approximate surface area is 127 Å². The minimum Gasteiger partial charge on any atom is -0.396 e. The van der Waals surface area contributed by atoms with Crippen molar-refractivity contribution in [3.05, 3.63) is 34.9 Å². The van der Waals surface area contributed by atoms with Gasteiger partial charge in [0.2, 0.25) is 0 Å². The lowest BCUT2D eigenvalue weighted by Gasteiger charge is -2.27. The van der Waals surface area contributed by atoms with Gasteiger partial charge in [-0.2, -0.15) is 0 Å². The quantitative estimate of drug-likeness (QED) is 0.808. The van der Waals surface area contributed by atoms with Crippen molar-refractivity contribution in [1.82, 2.24) is 4.90 Å². The van der Waals surface area contributed by atoms with Crippen molar-refractivity contribution in [3.8, 4) is 11.8 Å². The Kier molecular flexibility index (Phi) is 6.93. The molecule has 0 fully saturated rings. The first-order chi connectivity index (χ1) is 10.0. The highest BCUT2D eigenvalue weighted by Gasteiger charge is 2.20. The van der Waals surface area contributed by atoms with Crippen molar-refractivity contribution in [2.45, 2.75) is 33.2 Å². The highest BCUT2D eigenvalue weighted by atomic mass is 16.3. The summed E-state index contributed by atoms with van der Waals surface area (Å²) in [6.45, 7) is 6.77. The fourth-order valence-corrected chi connectivity index (χ4v) is 2.08. The van der Waals surface area contributed by atoms with Crippen molar-refractivity contribution in [2.75, 3.05) is 19.7 Å². The van der Waals surface area contributed by atoms with Crippen LogP contribution in [0.1, 0.15) is 41.8 Å². The second-order valence-corrected chi connectivity index (χ2v) is 5.22. The summed E-state index contributed by atoms with van der Waals surface area (Å²) < 4.78 is 0. The lowest BCUT2D eigenvalue weighted by molar-refractivity contribution is 0.0693. The van der Waals surface area contributed by atoms with Crippen molar-refractivity contribution in [1.29, 1.82) is 0 Å². The van der Waals surface area contributed by atoms with Crippen LogP contribution in [0.15, 0.2) is 18.2 Å². The number of carbonyl (C=O) groups excluding carboxylic acids is 1. The van der Waals surface area contributed by atoms with E-state index in [0.717, 1.165) is 5.56 Å². The van der Waals surface area contributed by atoms with Crippen LogP contribution in [-0.4, -0.2) is 41.7 Å². The molecule has 4 nitrogen and oxygen atoms in total. The summed E-state index contributed by atoms with van der Waals surface area (Å²) in [6, 6.07) is 5.69. The molecule has 0 saturated heterocycles. The van der Waals surface area contributed by atoms with E-state index in [-0.39, 0.29) is 25.1 Å². The molecule has 0 radical (unpaired) electrons. The van der Waals surface area contributed by atoms with E-state index in [0.29, 0.717) is 24.1 Å². The summed E-state index contributed by atoms with van der Waals surface area (Å²) in [5, 5.41) is 8.98. The molecule has 1 aromatic carbocycles. The van der Waals surface area contributed by atoms with Gasteiger partial charge in [-0.1, -0.05) is 17.9 Å². The number of hydrogen-bond acceptors (Lipinski definition) is 3. The number of rotatable bonds is 5. The number of carbonyl (C=O) groups is 1. The fourth-order valence-electron chi connectivity index (χ4n) is 2.08. The molecule has 21 heavy (non-hydrogen) atoms. The van der Waals surface area contributed by atoms with Crippen molar-refractivity contribution < 1.29 is 9.90 Å². The maximum Gasteiger partial charge on any atom is 0.255 e. The third-order valence-electron chi connectivity index (χ3n) is 3.17. The maximum absolute atomic E-state index is 12.7. The Morgan fingerprint density at radius 2 is 2.14 bits per heavy atom. The number of nitrogens with zero attached hydrogens (tertiary/aromatic N) is 1. The summed E-state index contributed by atoms with van der Waals surface area (Å²) in [5.74, 6) is 5.72. The number of aliphatic hydroxyl groups is 1. The Hall–Kier alpha value is -1.83. The fraction of sp³-hybridized carbons (Fsp3) is 0.471. The molecule has 4 heteroatoms. The number of benzene rings is 1. The number of aliphatic hydroxyl groups excluding tert-OH is 1. The Morgan fingerprint density at radius 3 is 2.71 bits per heavy atom. The Balaban J connectivity index is 3.14. The van der Waals surface area contributed by atoms with Crippen LogP contribution in [0, 0.1) is 18.8 Å². The van der Waals surface area contributed by atoms with Gasteiger partial charge in [0.15, 0.2) is 0 Å². The lowest BCUT2D eigenvalue weighted by atomic mass is 10.0. The van der Waals surface area contributed by atoms with Crippen LogP contribution >= 0.6 is 0 Å². The van der Waals surface area contributed by atoms with Gasteiger partial charge in [-0.25, -0.2) is 0 Å². The van der Waals surface area contributed by atoms with Gasteiger partial charge >= 0.3 is 0 Å². The first kappa shape index (κ1) is 17.2. The predicted molar refractivity (Wildman–Crippen MR) is 85.0 cm³/mol. The summed E-state index contributed by atoms with van der Waals surface area (Å²) in [4.78, 5) is 14.5. The van der Waals surface area contributed by atoms with Crippen LogP contribution in [0.4, 0.5) is 0 Å². The van der Waals surface area contributed by atoms with Crippen LogP contribution in [0.3, 0.4) is 0 Å². The van der Waals surface area contributed by atoms with E-state index in [2.05, 4.69) is 11.8 Å². The van der Waals surface area contributed by atoms with E-state index < -0.39 is 0 Å². The van der Waals surface area contributed by atoms with Crippen LogP contribution in [0.25, 0.3) is 0 Å². The normalized spacial score (nSPS) is 10.2. The number of hydrogen-bond donors (Lipinski definition) is 2. The number of amides is 1. The molecule has 1 amide bonds.